The van der Waals surface area contributed by atoms with E-state index in [1.807, 2.05) is 25.1 Å². The van der Waals surface area contributed by atoms with Crippen LogP contribution in [-0.4, -0.2) is 70.9 Å². The molecule has 1 amide bonds. The Morgan fingerprint density at radius 3 is 2.53 bits per heavy atom. The van der Waals surface area contributed by atoms with Crippen LogP contribution in [0.1, 0.15) is 37.3 Å². The fourth-order valence-corrected chi connectivity index (χ4v) is 4.50. The van der Waals surface area contributed by atoms with Crippen molar-refractivity contribution in [3.8, 4) is 6.07 Å². The number of likely N-dealkylation sites (tertiary alicyclic amines) is 1. The molecule has 2 saturated heterocycles. The van der Waals surface area contributed by atoms with Gasteiger partial charge in [0.25, 0.3) is 11.5 Å². The predicted octanol–water partition coefficient (Wildman–Crippen LogP) is 2.06. The van der Waals surface area contributed by atoms with E-state index in [1.165, 1.54) is 10.5 Å². The van der Waals surface area contributed by atoms with Gasteiger partial charge in [-0.05, 0) is 50.4 Å². The highest BCUT2D eigenvalue weighted by atomic mass is 16.2. The molecule has 2 fully saturated rings. The van der Waals surface area contributed by atoms with Crippen LogP contribution in [0, 0.1) is 18.3 Å². The van der Waals surface area contributed by atoms with Crippen molar-refractivity contribution in [1.29, 1.82) is 5.26 Å². The number of carbonyl (C=O) groups is 1. The van der Waals surface area contributed by atoms with Crippen molar-refractivity contribution in [2.45, 2.75) is 33.1 Å². The van der Waals surface area contributed by atoms with Gasteiger partial charge in [-0.2, -0.15) is 5.26 Å². The molecule has 0 radical (unpaired) electrons. The minimum Gasteiger partial charge on any atom is -0.353 e. The second kappa shape index (κ2) is 9.53. The van der Waals surface area contributed by atoms with Gasteiger partial charge in [0.1, 0.15) is 23.1 Å². The molecule has 4 rings (SSSR count). The van der Waals surface area contributed by atoms with Crippen molar-refractivity contribution in [2.24, 2.45) is 0 Å². The number of aryl methyl sites for hydroxylation is 1. The Hall–Kier alpha value is -3.18. The molecule has 8 heteroatoms. The van der Waals surface area contributed by atoms with Crippen LogP contribution < -0.4 is 10.5 Å². The smallest absolute Gasteiger partial charge is 0.267 e. The molecule has 168 valence electrons. The highest BCUT2D eigenvalue weighted by Crippen LogP contribution is 2.23. The molecule has 8 nitrogen and oxygen atoms in total. The number of likely N-dealkylation sites (N-methyl/N-ethyl adjacent to an activating group) is 1. The van der Waals surface area contributed by atoms with Crippen LogP contribution in [0.4, 0.5) is 5.82 Å². The van der Waals surface area contributed by atoms with Gasteiger partial charge in [0.05, 0.1) is 5.56 Å². The van der Waals surface area contributed by atoms with Gasteiger partial charge in [0.15, 0.2) is 0 Å². The highest BCUT2D eigenvalue weighted by Gasteiger charge is 2.25. The number of fused-ring (bicyclic) bond motifs is 1. The number of nitriles is 1. The SMILES string of the molecule is CCN1CCN(c2nc3c(C)cccn3c(=O)c2C=C(C#N)C(=O)N2CCCCC2)CC1. The molecule has 0 spiro atoms. The van der Waals surface area contributed by atoms with E-state index in [1.54, 1.807) is 11.1 Å². The first kappa shape index (κ1) is 22.0. The van der Waals surface area contributed by atoms with Crippen LogP contribution >= 0.6 is 0 Å². The molecule has 0 N–H and O–H groups in total. The molecule has 2 aliphatic heterocycles. The topological polar surface area (TPSA) is 85.0 Å². The lowest BCUT2D eigenvalue weighted by atomic mass is 10.1. The lowest BCUT2D eigenvalue weighted by Gasteiger charge is -2.35. The van der Waals surface area contributed by atoms with Crippen molar-refractivity contribution in [3.05, 3.63) is 45.4 Å². The van der Waals surface area contributed by atoms with E-state index in [0.29, 0.717) is 30.1 Å². The molecule has 32 heavy (non-hydrogen) atoms. The van der Waals surface area contributed by atoms with Gasteiger partial charge in [-0.1, -0.05) is 13.0 Å². The molecule has 0 saturated carbocycles. The summed E-state index contributed by atoms with van der Waals surface area (Å²) in [6.07, 6.45) is 6.13. The third-order valence-electron chi connectivity index (χ3n) is 6.47. The monoisotopic (exact) mass is 434 g/mol. The molecule has 0 aliphatic carbocycles. The number of carbonyl (C=O) groups excluding carboxylic acids is 1. The summed E-state index contributed by atoms with van der Waals surface area (Å²) < 4.78 is 1.51. The Morgan fingerprint density at radius 2 is 1.88 bits per heavy atom. The van der Waals surface area contributed by atoms with Gasteiger partial charge in [-0.15, -0.1) is 0 Å². The molecular weight excluding hydrogens is 404 g/mol. The standard InChI is InChI=1S/C24H30N6O2/c1-3-27-12-14-28(15-13-27)22-20(24(32)30-11-7-8-18(2)21(30)26-22)16-19(17-25)23(31)29-9-5-4-6-10-29/h7-8,11,16H,3-6,9-10,12-15H2,1-2H3. The minimum atomic E-state index is -0.303. The quantitative estimate of drug-likeness (QED) is 0.541. The number of pyridine rings is 1. The zero-order valence-electron chi connectivity index (χ0n) is 18.9. The second-order valence-electron chi connectivity index (χ2n) is 8.48. The average molecular weight is 435 g/mol. The maximum atomic E-state index is 13.5. The summed E-state index contributed by atoms with van der Waals surface area (Å²) in [5.41, 5.74) is 1.54. The predicted molar refractivity (Wildman–Crippen MR) is 125 cm³/mol. The molecule has 4 heterocycles. The zero-order valence-corrected chi connectivity index (χ0v) is 18.9. The first-order valence-corrected chi connectivity index (χ1v) is 11.4. The van der Waals surface area contributed by atoms with Gasteiger partial charge in [0, 0.05) is 45.5 Å². The Kier molecular flexibility index (Phi) is 6.56. The molecule has 2 aromatic rings. The maximum absolute atomic E-state index is 13.5. The molecule has 0 atom stereocenters. The Morgan fingerprint density at radius 1 is 1.16 bits per heavy atom. The number of hydrogen-bond donors (Lipinski definition) is 0. The lowest BCUT2D eigenvalue weighted by Crippen LogP contribution is -2.47. The fourth-order valence-electron chi connectivity index (χ4n) is 4.50. The highest BCUT2D eigenvalue weighted by molar-refractivity contribution is 6.02. The van der Waals surface area contributed by atoms with Crippen LogP contribution in [0.2, 0.25) is 0 Å². The van der Waals surface area contributed by atoms with Crippen LogP contribution in [0.15, 0.2) is 28.7 Å². The third-order valence-corrected chi connectivity index (χ3v) is 6.47. The summed E-state index contributed by atoms with van der Waals surface area (Å²) in [6, 6.07) is 5.78. The second-order valence-corrected chi connectivity index (χ2v) is 8.48. The molecule has 0 bridgehead atoms. The molecule has 0 unspecified atom stereocenters. The van der Waals surface area contributed by atoms with Crippen LogP contribution in [-0.2, 0) is 4.79 Å². The van der Waals surface area contributed by atoms with Crippen molar-refractivity contribution in [2.75, 3.05) is 50.7 Å². The number of hydrogen-bond acceptors (Lipinski definition) is 6. The molecular formula is C24H30N6O2. The molecule has 2 aromatic heterocycles. The first-order chi connectivity index (χ1) is 15.5. The van der Waals surface area contributed by atoms with E-state index in [-0.39, 0.29) is 17.0 Å². The molecule has 2 aliphatic rings. The summed E-state index contributed by atoms with van der Waals surface area (Å²) in [7, 11) is 0. The Balaban J connectivity index is 1.82. The van der Waals surface area contributed by atoms with Gasteiger partial charge >= 0.3 is 0 Å². The zero-order chi connectivity index (χ0) is 22.7. The van der Waals surface area contributed by atoms with E-state index < -0.39 is 0 Å². The van der Waals surface area contributed by atoms with Crippen LogP contribution in [0.25, 0.3) is 11.7 Å². The number of piperidine rings is 1. The van der Waals surface area contributed by atoms with Crippen molar-refractivity contribution in [3.63, 3.8) is 0 Å². The lowest BCUT2D eigenvalue weighted by molar-refractivity contribution is -0.127. The first-order valence-electron chi connectivity index (χ1n) is 11.4. The van der Waals surface area contributed by atoms with E-state index >= 15 is 0 Å². The van der Waals surface area contributed by atoms with E-state index in [9.17, 15) is 14.9 Å². The van der Waals surface area contributed by atoms with Crippen LogP contribution in [0.5, 0.6) is 0 Å². The summed E-state index contributed by atoms with van der Waals surface area (Å²) in [6.45, 7) is 9.59. The van der Waals surface area contributed by atoms with Crippen molar-refractivity contribution >= 4 is 23.4 Å². The molecule has 0 aromatic carbocycles. The largest absolute Gasteiger partial charge is 0.353 e. The van der Waals surface area contributed by atoms with Crippen LogP contribution in [0.3, 0.4) is 0 Å². The summed E-state index contributed by atoms with van der Waals surface area (Å²) >= 11 is 0. The third kappa shape index (κ3) is 4.26. The number of aromatic nitrogens is 2. The van der Waals surface area contributed by atoms with E-state index in [4.69, 9.17) is 4.98 Å². The van der Waals surface area contributed by atoms with Gasteiger partial charge in [-0.25, -0.2) is 4.98 Å². The van der Waals surface area contributed by atoms with Gasteiger partial charge in [-0.3, -0.25) is 14.0 Å². The van der Waals surface area contributed by atoms with E-state index in [0.717, 1.165) is 57.5 Å². The fraction of sp³-hybridized carbons (Fsp3) is 0.500. The summed E-state index contributed by atoms with van der Waals surface area (Å²) in [5.74, 6) is 0.252. The van der Waals surface area contributed by atoms with E-state index in [2.05, 4.69) is 16.7 Å². The Bertz CT molecular complexity index is 1130. The summed E-state index contributed by atoms with van der Waals surface area (Å²) in [4.78, 5) is 37.6. The van der Waals surface area contributed by atoms with Gasteiger partial charge < -0.3 is 14.7 Å². The summed E-state index contributed by atoms with van der Waals surface area (Å²) in [5, 5.41) is 9.79. The Labute approximate surface area is 188 Å². The number of rotatable bonds is 4. The number of amides is 1. The average Bonchev–Trinajstić information content (AvgIpc) is 2.84. The van der Waals surface area contributed by atoms with Gasteiger partial charge in [0.2, 0.25) is 0 Å². The number of nitrogens with zero attached hydrogens (tertiary/aromatic N) is 6. The van der Waals surface area contributed by atoms with Crippen molar-refractivity contribution in [1.82, 2.24) is 19.2 Å². The van der Waals surface area contributed by atoms with Crippen molar-refractivity contribution < 1.29 is 4.79 Å². The minimum absolute atomic E-state index is 0.00755. The number of piperazine rings is 1. The number of anilines is 1. The maximum Gasteiger partial charge on any atom is 0.267 e. The normalized spacial score (nSPS) is 18.1.